The Balaban J connectivity index is 1.56. The van der Waals surface area contributed by atoms with Crippen LogP contribution in [0.4, 0.5) is 10.5 Å². The fourth-order valence-electron chi connectivity index (χ4n) is 2.69. The number of non-ortho nitro benzene ring substituents is 1. The molecule has 32 heavy (non-hydrogen) atoms. The largest absolute Gasteiger partial charge is 0.445 e. The molecule has 0 radical (unpaired) electrons. The molecule has 1 atom stereocenters. The number of amides is 1. The van der Waals surface area contributed by atoms with E-state index in [1.54, 1.807) is 19.1 Å². The van der Waals surface area contributed by atoms with Gasteiger partial charge in [-0.15, -0.1) is 5.10 Å². The Morgan fingerprint density at radius 1 is 1.19 bits per heavy atom. The van der Waals surface area contributed by atoms with E-state index in [1.807, 2.05) is 30.3 Å². The maximum Gasteiger partial charge on any atom is 0.408 e. The van der Waals surface area contributed by atoms with Gasteiger partial charge in [-0.25, -0.2) is 9.48 Å². The lowest BCUT2D eigenvalue weighted by atomic mass is 10.1. The predicted molar refractivity (Wildman–Crippen MR) is 114 cm³/mol. The molecule has 0 bridgehead atoms. The molecule has 0 saturated heterocycles. The van der Waals surface area contributed by atoms with Crippen molar-refractivity contribution in [2.45, 2.75) is 42.6 Å². The molecular formula is C20H20N6O5S. The Hall–Kier alpha value is -3.80. The Labute approximate surface area is 187 Å². The molecule has 3 rings (SSSR count). The highest BCUT2D eigenvalue weighted by Crippen LogP contribution is 2.27. The summed E-state index contributed by atoms with van der Waals surface area (Å²) in [6.07, 6.45) is -0.321. The van der Waals surface area contributed by atoms with Crippen molar-refractivity contribution in [3.05, 3.63) is 70.3 Å². The van der Waals surface area contributed by atoms with E-state index in [1.165, 1.54) is 16.8 Å². The van der Waals surface area contributed by atoms with Crippen molar-refractivity contribution in [1.29, 1.82) is 0 Å². The van der Waals surface area contributed by atoms with Crippen molar-refractivity contribution < 1.29 is 19.2 Å². The average molecular weight is 456 g/mol. The lowest BCUT2D eigenvalue weighted by Crippen LogP contribution is -2.42. The summed E-state index contributed by atoms with van der Waals surface area (Å²) >= 11 is 1.16. The van der Waals surface area contributed by atoms with Gasteiger partial charge >= 0.3 is 6.09 Å². The average Bonchev–Trinajstić information content (AvgIpc) is 3.23. The standard InChI is InChI=1S/C20H20N6O5S/c1-2-17(21-20(28)31-13-14-6-4-3-5-7-14)18(27)12-25-19(22-23-24-25)32-16-10-8-15(9-11-16)26(29)30/h3-11,17H,2,12-13H2,1H3,(H,21,28). The summed E-state index contributed by atoms with van der Waals surface area (Å²) in [6.45, 7) is 1.71. The summed E-state index contributed by atoms with van der Waals surface area (Å²) in [4.78, 5) is 35.8. The van der Waals surface area contributed by atoms with Gasteiger partial charge in [-0.2, -0.15) is 0 Å². The number of Topliss-reactive ketones (excluding diaryl/α,β-unsaturated/α-hetero) is 1. The zero-order chi connectivity index (χ0) is 22.9. The highest BCUT2D eigenvalue weighted by molar-refractivity contribution is 7.99. The fourth-order valence-corrected chi connectivity index (χ4v) is 3.45. The smallest absolute Gasteiger partial charge is 0.408 e. The van der Waals surface area contributed by atoms with E-state index in [-0.39, 0.29) is 24.6 Å². The Morgan fingerprint density at radius 2 is 1.91 bits per heavy atom. The molecule has 0 aliphatic heterocycles. The number of nitro benzene ring substituents is 1. The number of aromatic nitrogens is 4. The van der Waals surface area contributed by atoms with Gasteiger partial charge in [0, 0.05) is 17.0 Å². The Morgan fingerprint density at radius 3 is 2.56 bits per heavy atom. The van der Waals surface area contributed by atoms with Crippen LogP contribution in [0.1, 0.15) is 18.9 Å². The first-order valence-corrected chi connectivity index (χ1v) is 10.5. The van der Waals surface area contributed by atoms with E-state index in [9.17, 15) is 19.7 Å². The molecular weight excluding hydrogens is 436 g/mol. The first-order chi connectivity index (χ1) is 15.5. The zero-order valence-corrected chi connectivity index (χ0v) is 17.9. The molecule has 3 aromatic rings. The Kier molecular flexibility index (Phi) is 7.86. The van der Waals surface area contributed by atoms with Gasteiger partial charge in [-0.3, -0.25) is 14.9 Å². The molecule has 2 aromatic carbocycles. The van der Waals surface area contributed by atoms with Crippen molar-refractivity contribution in [2.75, 3.05) is 0 Å². The number of tetrazole rings is 1. The second kappa shape index (κ2) is 11.0. The number of benzene rings is 2. The van der Waals surface area contributed by atoms with Crippen molar-refractivity contribution >= 4 is 29.3 Å². The van der Waals surface area contributed by atoms with Crippen LogP contribution in [0, 0.1) is 10.1 Å². The van der Waals surface area contributed by atoms with Crippen LogP contribution in [0.5, 0.6) is 0 Å². The minimum atomic E-state index is -0.764. The monoisotopic (exact) mass is 456 g/mol. The van der Waals surface area contributed by atoms with Crippen LogP contribution in [-0.4, -0.2) is 43.0 Å². The molecule has 0 fully saturated rings. The van der Waals surface area contributed by atoms with Gasteiger partial charge < -0.3 is 10.1 Å². The van der Waals surface area contributed by atoms with Crippen LogP contribution in [-0.2, 0) is 22.7 Å². The molecule has 1 aromatic heterocycles. The van der Waals surface area contributed by atoms with E-state index in [0.29, 0.717) is 16.5 Å². The molecule has 166 valence electrons. The molecule has 11 nitrogen and oxygen atoms in total. The topological polar surface area (TPSA) is 142 Å². The van der Waals surface area contributed by atoms with Crippen molar-refractivity contribution in [1.82, 2.24) is 25.5 Å². The van der Waals surface area contributed by atoms with Gasteiger partial charge in [0.25, 0.3) is 5.69 Å². The molecule has 12 heteroatoms. The minimum Gasteiger partial charge on any atom is -0.445 e. The zero-order valence-electron chi connectivity index (χ0n) is 17.1. The number of nitro groups is 1. The van der Waals surface area contributed by atoms with E-state index in [2.05, 4.69) is 20.8 Å². The van der Waals surface area contributed by atoms with E-state index < -0.39 is 17.1 Å². The van der Waals surface area contributed by atoms with Crippen LogP contribution in [0.2, 0.25) is 0 Å². The van der Waals surface area contributed by atoms with Crippen LogP contribution in [0.15, 0.2) is 64.6 Å². The summed E-state index contributed by atoms with van der Waals surface area (Å²) in [6, 6.07) is 14.3. The van der Waals surface area contributed by atoms with Crippen LogP contribution in [0.3, 0.4) is 0 Å². The molecule has 0 aliphatic carbocycles. The number of ketones is 1. The molecule has 0 aliphatic rings. The molecule has 0 saturated carbocycles. The third-order valence-electron chi connectivity index (χ3n) is 4.36. The van der Waals surface area contributed by atoms with Crippen molar-refractivity contribution in [3.8, 4) is 0 Å². The summed E-state index contributed by atoms with van der Waals surface area (Å²) in [7, 11) is 0. The number of ether oxygens (including phenoxy) is 1. The van der Waals surface area contributed by atoms with Gasteiger partial charge in [0.1, 0.15) is 13.2 Å². The SMILES string of the molecule is CCC(NC(=O)OCc1ccccc1)C(=O)Cn1nnnc1Sc1ccc([N+](=O)[O-])cc1. The maximum absolute atomic E-state index is 12.7. The van der Waals surface area contributed by atoms with Gasteiger partial charge in [0.15, 0.2) is 5.78 Å². The molecule has 1 amide bonds. The second-order valence-corrected chi connectivity index (χ2v) is 7.65. The normalized spacial score (nSPS) is 11.5. The summed E-state index contributed by atoms with van der Waals surface area (Å²) < 4.78 is 6.49. The van der Waals surface area contributed by atoms with E-state index in [4.69, 9.17) is 4.74 Å². The number of hydrogen-bond acceptors (Lipinski definition) is 9. The number of carbonyl (C=O) groups is 2. The lowest BCUT2D eigenvalue weighted by Gasteiger charge is -2.16. The number of carbonyl (C=O) groups excluding carboxylic acids is 2. The van der Waals surface area contributed by atoms with Crippen molar-refractivity contribution in [3.63, 3.8) is 0 Å². The first kappa shape index (κ1) is 22.9. The minimum absolute atomic E-state index is 0.0277. The molecule has 1 heterocycles. The third-order valence-corrected chi connectivity index (χ3v) is 5.35. The van der Waals surface area contributed by atoms with Gasteiger partial charge in [0.05, 0.1) is 11.0 Å². The maximum atomic E-state index is 12.7. The van der Waals surface area contributed by atoms with E-state index in [0.717, 1.165) is 17.3 Å². The van der Waals surface area contributed by atoms with E-state index >= 15 is 0 Å². The summed E-state index contributed by atoms with van der Waals surface area (Å²) in [5.41, 5.74) is 0.809. The first-order valence-electron chi connectivity index (χ1n) is 9.64. The lowest BCUT2D eigenvalue weighted by molar-refractivity contribution is -0.384. The number of rotatable bonds is 10. The number of hydrogen-bond donors (Lipinski definition) is 1. The van der Waals surface area contributed by atoms with Crippen molar-refractivity contribution in [2.24, 2.45) is 0 Å². The number of alkyl carbamates (subject to hydrolysis) is 1. The van der Waals surface area contributed by atoms with Gasteiger partial charge in [0.2, 0.25) is 5.16 Å². The highest BCUT2D eigenvalue weighted by Gasteiger charge is 2.22. The summed E-state index contributed by atoms with van der Waals surface area (Å²) in [5, 5.41) is 25.0. The highest BCUT2D eigenvalue weighted by atomic mass is 32.2. The van der Waals surface area contributed by atoms with Crippen LogP contribution in [0.25, 0.3) is 0 Å². The molecule has 1 unspecified atom stereocenters. The summed E-state index contributed by atoms with van der Waals surface area (Å²) in [5.74, 6) is -0.290. The molecule has 1 N–H and O–H groups in total. The quantitative estimate of drug-likeness (QED) is 0.360. The predicted octanol–water partition coefficient (Wildman–Crippen LogP) is 3.01. The van der Waals surface area contributed by atoms with Gasteiger partial charge in [-0.05, 0) is 46.3 Å². The van der Waals surface area contributed by atoms with Gasteiger partial charge in [-0.1, -0.05) is 37.3 Å². The number of nitrogens with zero attached hydrogens (tertiary/aromatic N) is 5. The molecule has 0 spiro atoms. The van der Waals surface area contributed by atoms with Crippen LogP contribution < -0.4 is 5.32 Å². The third kappa shape index (κ3) is 6.35. The Bertz CT molecular complexity index is 1070. The number of nitrogens with one attached hydrogen (secondary N) is 1. The second-order valence-electron chi connectivity index (χ2n) is 6.61. The fraction of sp³-hybridized carbons (Fsp3) is 0.250. The van der Waals surface area contributed by atoms with Crippen LogP contribution >= 0.6 is 11.8 Å².